The number of nitrogens with two attached hydrogens (primary N) is 1. The Bertz CT molecular complexity index is 890. The molecule has 1 saturated heterocycles. The zero-order valence-electron chi connectivity index (χ0n) is 23.2. The molecule has 0 radical (unpaired) electrons. The molecule has 0 unspecified atom stereocenters. The van der Waals surface area contributed by atoms with Gasteiger partial charge in [0.1, 0.15) is 12.9 Å². The fourth-order valence-electron chi connectivity index (χ4n) is 4.33. The van der Waals surface area contributed by atoms with Crippen LogP contribution < -0.4 is 15.4 Å². The number of para-hydroxylation sites is 1. The number of fused-ring (bicyclic) bond motifs is 2. The van der Waals surface area contributed by atoms with Crippen molar-refractivity contribution in [3.05, 3.63) is 65.7 Å². The molecule has 0 aromatic heterocycles. The molecule has 0 aliphatic carbocycles. The van der Waals surface area contributed by atoms with Gasteiger partial charge in [0.15, 0.2) is 5.78 Å². The van der Waals surface area contributed by atoms with E-state index in [2.05, 4.69) is 57.8 Å². The highest BCUT2D eigenvalue weighted by Crippen LogP contribution is 2.48. The van der Waals surface area contributed by atoms with Crippen LogP contribution in [0.15, 0.2) is 54.6 Å². The largest absolute Gasteiger partial charge is 0.369 e. The number of hydrogen-bond donors (Lipinski definition) is 2. The van der Waals surface area contributed by atoms with Gasteiger partial charge in [-0.05, 0) is 57.2 Å². The lowest BCUT2D eigenvalue weighted by Gasteiger charge is -2.38. The first kappa shape index (κ1) is 32.8. The van der Waals surface area contributed by atoms with Crippen molar-refractivity contribution in [3.8, 4) is 0 Å². The third-order valence-corrected chi connectivity index (χ3v) is 6.97. The SMILES string of the molecule is CC.CNCC(=O)COCc1ccccc1.CSN1CC2(CCN(C)CC2)c2ccccc21.NCC=O. The van der Waals surface area contributed by atoms with E-state index in [4.69, 9.17) is 9.53 Å². The smallest absolute Gasteiger partial charge is 0.172 e. The molecule has 0 saturated carbocycles. The maximum Gasteiger partial charge on any atom is 0.172 e. The van der Waals surface area contributed by atoms with Gasteiger partial charge >= 0.3 is 0 Å². The van der Waals surface area contributed by atoms with Gasteiger partial charge in [0, 0.05) is 24.8 Å². The molecule has 0 atom stereocenters. The fraction of sp³-hybridized carbons (Fsp3) is 0.517. The van der Waals surface area contributed by atoms with E-state index < -0.39 is 0 Å². The summed E-state index contributed by atoms with van der Waals surface area (Å²) in [5, 5.41) is 2.79. The van der Waals surface area contributed by atoms with E-state index in [1.165, 1.54) is 38.2 Å². The first-order valence-electron chi connectivity index (χ1n) is 13.0. The highest BCUT2D eigenvalue weighted by atomic mass is 32.2. The van der Waals surface area contributed by atoms with Crippen molar-refractivity contribution in [2.75, 3.05) is 64.0 Å². The number of benzene rings is 2. The van der Waals surface area contributed by atoms with Crippen molar-refractivity contribution in [3.63, 3.8) is 0 Å². The number of anilines is 1. The van der Waals surface area contributed by atoms with Gasteiger partial charge in [-0.3, -0.25) is 4.79 Å². The molecule has 2 aliphatic rings. The number of Topliss-reactive ketones (excluding diaryl/α,β-unsaturated/α-hetero) is 1. The van der Waals surface area contributed by atoms with E-state index in [0.717, 1.165) is 5.56 Å². The molecule has 2 aromatic carbocycles. The molecule has 8 heteroatoms. The number of hydrogen-bond acceptors (Lipinski definition) is 8. The number of piperidine rings is 1. The second kappa shape index (κ2) is 18.9. The molecule has 1 spiro atoms. The number of ketones is 1. The summed E-state index contributed by atoms with van der Waals surface area (Å²) in [5.41, 5.74) is 9.20. The predicted octanol–water partition coefficient (Wildman–Crippen LogP) is 3.91. The minimum Gasteiger partial charge on any atom is -0.369 e. The highest BCUT2D eigenvalue weighted by molar-refractivity contribution is 8.00. The molecule has 206 valence electrons. The Balaban J connectivity index is 0.000000310. The van der Waals surface area contributed by atoms with Crippen LogP contribution in [-0.2, 0) is 26.3 Å². The normalized spacial score (nSPS) is 15.2. The molecule has 1 fully saturated rings. The topological polar surface area (TPSA) is 87.9 Å². The van der Waals surface area contributed by atoms with Crippen molar-refractivity contribution < 1.29 is 14.3 Å². The summed E-state index contributed by atoms with van der Waals surface area (Å²) >= 11 is 1.86. The van der Waals surface area contributed by atoms with Gasteiger partial charge in [-0.1, -0.05) is 74.3 Å². The van der Waals surface area contributed by atoms with Gasteiger partial charge in [0.05, 0.1) is 18.8 Å². The predicted molar refractivity (Wildman–Crippen MR) is 157 cm³/mol. The average molecular weight is 531 g/mol. The lowest BCUT2D eigenvalue weighted by Crippen LogP contribution is -2.42. The summed E-state index contributed by atoms with van der Waals surface area (Å²) in [7, 11) is 3.98. The number of carbonyl (C=O) groups is 2. The van der Waals surface area contributed by atoms with Gasteiger partial charge in [-0.2, -0.15) is 0 Å². The number of rotatable bonds is 8. The second-order valence-corrected chi connectivity index (χ2v) is 9.58. The van der Waals surface area contributed by atoms with Gasteiger partial charge in [0.25, 0.3) is 0 Å². The van der Waals surface area contributed by atoms with Crippen LogP contribution in [0.1, 0.15) is 37.8 Å². The zero-order valence-corrected chi connectivity index (χ0v) is 24.1. The molecule has 4 rings (SSSR count). The monoisotopic (exact) mass is 530 g/mol. The standard InChI is InChI=1S/C14H20N2S.C11H15NO2.C2H5NO.C2H6/c1-15-9-7-14(8-10-15)11-16(17-2)13-6-4-3-5-12(13)14;1-12-7-11(13)9-14-8-10-5-3-2-4-6-10;3-1-2-4;1-2/h3-6H,7-11H2,1-2H3;2-6,12H,7-9H2,1H3;2H,1,3H2;1-2H3. The number of likely N-dealkylation sites (N-methyl/N-ethyl adjacent to an activating group) is 1. The Morgan fingerprint density at radius 3 is 2.27 bits per heavy atom. The molecule has 2 aliphatic heterocycles. The van der Waals surface area contributed by atoms with Crippen LogP contribution in [0, 0.1) is 0 Å². The summed E-state index contributed by atoms with van der Waals surface area (Å²) in [6.45, 7) is 8.84. The van der Waals surface area contributed by atoms with Gasteiger partial charge in [-0.25, -0.2) is 0 Å². The number of nitrogens with zero attached hydrogens (tertiary/aromatic N) is 2. The van der Waals surface area contributed by atoms with Crippen molar-refractivity contribution in [2.24, 2.45) is 5.73 Å². The zero-order chi connectivity index (χ0) is 27.5. The van der Waals surface area contributed by atoms with Crippen molar-refractivity contribution in [2.45, 2.75) is 38.7 Å². The lowest BCUT2D eigenvalue weighted by molar-refractivity contribution is -0.123. The van der Waals surface area contributed by atoms with Crippen LogP contribution in [0.5, 0.6) is 0 Å². The molecule has 0 bridgehead atoms. The molecular weight excluding hydrogens is 484 g/mol. The number of likely N-dealkylation sites (tertiary alicyclic amines) is 1. The van der Waals surface area contributed by atoms with Crippen LogP contribution in [0.3, 0.4) is 0 Å². The Kier molecular flexibility index (Phi) is 16.8. The molecule has 0 amide bonds. The lowest BCUT2D eigenvalue weighted by atomic mass is 9.74. The van der Waals surface area contributed by atoms with Gasteiger partial charge in [-0.15, -0.1) is 0 Å². The van der Waals surface area contributed by atoms with E-state index >= 15 is 0 Å². The van der Waals surface area contributed by atoms with Crippen LogP contribution >= 0.6 is 11.9 Å². The fourth-order valence-corrected chi connectivity index (χ4v) is 5.06. The van der Waals surface area contributed by atoms with Crippen LogP contribution in [0.2, 0.25) is 0 Å². The second-order valence-electron chi connectivity index (χ2n) is 8.77. The van der Waals surface area contributed by atoms with Crippen LogP contribution in [-0.4, -0.2) is 76.7 Å². The Hall–Kier alpha value is -2.23. The maximum atomic E-state index is 11.0. The average Bonchev–Trinajstić information content (AvgIpc) is 3.26. The maximum absolute atomic E-state index is 11.0. The van der Waals surface area contributed by atoms with Crippen molar-refractivity contribution >= 4 is 29.7 Å². The van der Waals surface area contributed by atoms with E-state index in [1.54, 1.807) is 12.6 Å². The molecule has 2 aromatic rings. The van der Waals surface area contributed by atoms with Crippen molar-refractivity contribution in [1.82, 2.24) is 10.2 Å². The first-order chi connectivity index (χ1) is 18.0. The summed E-state index contributed by atoms with van der Waals surface area (Å²) in [4.78, 5) is 22.5. The highest BCUT2D eigenvalue weighted by Gasteiger charge is 2.43. The number of aldehydes is 1. The number of nitrogens with one attached hydrogen (secondary N) is 1. The molecule has 7 nitrogen and oxygen atoms in total. The van der Waals surface area contributed by atoms with Crippen LogP contribution in [0.25, 0.3) is 0 Å². The summed E-state index contributed by atoms with van der Waals surface area (Å²) in [5.74, 6) is 0.0726. The van der Waals surface area contributed by atoms with Crippen LogP contribution in [0.4, 0.5) is 5.69 Å². The first-order valence-corrected chi connectivity index (χ1v) is 14.2. The van der Waals surface area contributed by atoms with Crippen molar-refractivity contribution in [1.29, 1.82) is 0 Å². The van der Waals surface area contributed by atoms with E-state index in [0.29, 0.717) is 24.9 Å². The Morgan fingerprint density at radius 2 is 1.70 bits per heavy atom. The quantitative estimate of drug-likeness (QED) is 0.392. The van der Waals surface area contributed by atoms with Gasteiger partial charge in [0.2, 0.25) is 0 Å². The minimum atomic E-state index is 0.0726. The molecule has 37 heavy (non-hydrogen) atoms. The molecular formula is C29H46N4O3S. The summed E-state index contributed by atoms with van der Waals surface area (Å²) < 4.78 is 7.72. The van der Waals surface area contributed by atoms with E-state index in [1.807, 2.05) is 56.1 Å². The summed E-state index contributed by atoms with van der Waals surface area (Å²) in [6.07, 6.45) is 5.44. The Morgan fingerprint density at radius 1 is 1.11 bits per heavy atom. The third kappa shape index (κ3) is 11.0. The Labute approximate surface area is 228 Å². The number of carbonyl (C=O) groups excluding carboxylic acids is 2. The molecule has 3 N–H and O–H groups in total. The van der Waals surface area contributed by atoms with Gasteiger partial charge < -0.3 is 29.8 Å². The molecule has 2 heterocycles. The summed E-state index contributed by atoms with van der Waals surface area (Å²) in [6, 6.07) is 18.8. The number of ether oxygens (including phenoxy) is 1. The third-order valence-electron chi connectivity index (χ3n) is 6.20. The van der Waals surface area contributed by atoms with E-state index in [-0.39, 0.29) is 18.9 Å². The van der Waals surface area contributed by atoms with E-state index in [9.17, 15) is 4.79 Å². The minimum absolute atomic E-state index is 0.0726.